The van der Waals surface area contributed by atoms with Crippen LogP contribution in [0.5, 0.6) is 0 Å². The molecule has 0 unspecified atom stereocenters. The summed E-state index contributed by atoms with van der Waals surface area (Å²) >= 11 is 0. The topological polar surface area (TPSA) is 42.7 Å². The molecule has 0 amide bonds. The van der Waals surface area contributed by atoms with Crippen LogP contribution >= 0.6 is 0 Å². The molecule has 4 nitrogen and oxygen atoms in total. The maximum atomic E-state index is 4.29. The number of nitrogens with one attached hydrogen (secondary N) is 1. The smallest absolute Gasteiger partial charge is 0.0951 e. The standard InChI is InChI=1S/C17H24N4/c1-2-4-6-16(5-3-1)20-11-12-21-14-19-13-17(21)15-7-9-18-10-8-15/h7-10,13-14,16,20H,1-6,11-12H2. The molecule has 0 saturated heterocycles. The molecule has 4 heteroatoms. The van der Waals surface area contributed by atoms with Crippen molar-refractivity contribution in [3.8, 4) is 11.3 Å². The minimum absolute atomic E-state index is 0.709. The summed E-state index contributed by atoms with van der Waals surface area (Å²) in [5.74, 6) is 0. The van der Waals surface area contributed by atoms with Crippen LogP contribution in [0.2, 0.25) is 0 Å². The van der Waals surface area contributed by atoms with Gasteiger partial charge in [0.25, 0.3) is 0 Å². The van der Waals surface area contributed by atoms with Crippen LogP contribution in [0.1, 0.15) is 38.5 Å². The van der Waals surface area contributed by atoms with Crippen molar-refractivity contribution in [1.82, 2.24) is 19.9 Å². The number of rotatable bonds is 5. The molecule has 1 aliphatic rings. The van der Waals surface area contributed by atoms with E-state index in [0.717, 1.165) is 13.1 Å². The molecular weight excluding hydrogens is 260 g/mol. The lowest BCUT2D eigenvalue weighted by Gasteiger charge is -2.17. The Morgan fingerprint density at radius 2 is 1.81 bits per heavy atom. The van der Waals surface area contributed by atoms with Gasteiger partial charge in [0.1, 0.15) is 0 Å². The third kappa shape index (κ3) is 3.91. The summed E-state index contributed by atoms with van der Waals surface area (Å²) in [5, 5.41) is 3.72. The monoisotopic (exact) mass is 284 g/mol. The molecule has 1 aliphatic carbocycles. The van der Waals surface area contributed by atoms with Crippen LogP contribution in [0.4, 0.5) is 0 Å². The second-order valence-corrected chi connectivity index (χ2v) is 5.85. The van der Waals surface area contributed by atoms with Crippen LogP contribution in [0.25, 0.3) is 11.3 Å². The molecule has 0 atom stereocenters. The largest absolute Gasteiger partial charge is 0.329 e. The molecule has 21 heavy (non-hydrogen) atoms. The van der Waals surface area contributed by atoms with Gasteiger partial charge in [-0.05, 0) is 25.0 Å². The lowest BCUT2D eigenvalue weighted by atomic mass is 10.1. The summed E-state index contributed by atoms with van der Waals surface area (Å²) in [6.07, 6.45) is 15.8. The van der Waals surface area contributed by atoms with Gasteiger partial charge < -0.3 is 9.88 Å². The number of aromatic nitrogens is 3. The summed E-state index contributed by atoms with van der Waals surface area (Å²) < 4.78 is 2.22. The van der Waals surface area contributed by atoms with Crippen molar-refractivity contribution in [2.75, 3.05) is 6.54 Å². The zero-order valence-corrected chi connectivity index (χ0v) is 12.5. The molecule has 3 rings (SSSR count). The van der Waals surface area contributed by atoms with Gasteiger partial charge >= 0.3 is 0 Å². The third-order valence-corrected chi connectivity index (χ3v) is 4.33. The van der Waals surface area contributed by atoms with Gasteiger partial charge in [0.05, 0.1) is 18.2 Å². The Balaban J connectivity index is 1.55. The molecule has 1 N–H and O–H groups in total. The third-order valence-electron chi connectivity index (χ3n) is 4.33. The zero-order valence-electron chi connectivity index (χ0n) is 12.5. The quantitative estimate of drug-likeness (QED) is 0.857. The molecule has 2 heterocycles. The van der Waals surface area contributed by atoms with Crippen LogP contribution in [-0.2, 0) is 6.54 Å². The molecule has 0 bridgehead atoms. The predicted molar refractivity (Wildman–Crippen MR) is 85.0 cm³/mol. The fourth-order valence-electron chi connectivity index (χ4n) is 3.13. The van der Waals surface area contributed by atoms with E-state index >= 15 is 0 Å². The van der Waals surface area contributed by atoms with Crippen molar-refractivity contribution in [2.24, 2.45) is 0 Å². The molecule has 2 aromatic rings. The highest BCUT2D eigenvalue weighted by Crippen LogP contribution is 2.18. The molecule has 1 saturated carbocycles. The molecular formula is C17H24N4. The predicted octanol–water partition coefficient (Wildman–Crippen LogP) is 3.26. The van der Waals surface area contributed by atoms with E-state index in [1.165, 1.54) is 49.8 Å². The van der Waals surface area contributed by atoms with Gasteiger partial charge in [0.2, 0.25) is 0 Å². The summed E-state index contributed by atoms with van der Waals surface area (Å²) in [5.41, 5.74) is 2.34. The fraction of sp³-hybridized carbons (Fsp3) is 0.529. The Kier molecular flexibility index (Phi) is 5.00. The minimum Gasteiger partial charge on any atom is -0.329 e. The van der Waals surface area contributed by atoms with Crippen LogP contribution in [0.3, 0.4) is 0 Å². The van der Waals surface area contributed by atoms with Crippen molar-refractivity contribution in [2.45, 2.75) is 51.1 Å². The first-order chi connectivity index (χ1) is 10.4. The number of hydrogen-bond donors (Lipinski definition) is 1. The number of imidazole rings is 1. The van der Waals surface area contributed by atoms with E-state index in [-0.39, 0.29) is 0 Å². The molecule has 0 aliphatic heterocycles. The van der Waals surface area contributed by atoms with Gasteiger partial charge in [-0.2, -0.15) is 0 Å². The van der Waals surface area contributed by atoms with Gasteiger partial charge in [-0.1, -0.05) is 25.7 Å². The van der Waals surface area contributed by atoms with Crippen molar-refractivity contribution in [3.05, 3.63) is 37.1 Å². The van der Waals surface area contributed by atoms with E-state index in [1.807, 2.05) is 37.1 Å². The lowest BCUT2D eigenvalue weighted by Crippen LogP contribution is -2.31. The highest BCUT2D eigenvalue weighted by Gasteiger charge is 2.11. The first-order valence-corrected chi connectivity index (χ1v) is 8.07. The molecule has 0 aromatic carbocycles. The fourth-order valence-corrected chi connectivity index (χ4v) is 3.13. The maximum Gasteiger partial charge on any atom is 0.0951 e. The van der Waals surface area contributed by atoms with Crippen molar-refractivity contribution in [3.63, 3.8) is 0 Å². The SMILES string of the molecule is c1cc(-c2cncn2CCNC2CCCCCC2)ccn1. The summed E-state index contributed by atoms with van der Waals surface area (Å²) in [6, 6.07) is 4.78. The van der Waals surface area contributed by atoms with E-state index in [2.05, 4.69) is 19.9 Å². The molecule has 2 aromatic heterocycles. The Bertz CT molecular complexity index is 527. The maximum absolute atomic E-state index is 4.29. The number of pyridine rings is 1. The highest BCUT2D eigenvalue weighted by molar-refractivity contribution is 5.57. The zero-order chi connectivity index (χ0) is 14.3. The van der Waals surface area contributed by atoms with E-state index in [4.69, 9.17) is 0 Å². The molecule has 0 radical (unpaired) electrons. The number of nitrogens with zero attached hydrogens (tertiary/aromatic N) is 3. The van der Waals surface area contributed by atoms with Crippen molar-refractivity contribution >= 4 is 0 Å². The van der Waals surface area contributed by atoms with Crippen LogP contribution in [-0.4, -0.2) is 27.1 Å². The second-order valence-electron chi connectivity index (χ2n) is 5.85. The average molecular weight is 284 g/mol. The van der Waals surface area contributed by atoms with E-state index < -0.39 is 0 Å². The summed E-state index contributed by atoms with van der Waals surface area (Å²) in [4.78, 5) is 8.37. The first-order valence-electron chi connectivity index (χ1n) is 8.07. The lowest BCUT2D eigenvalue weighted by molar-refractivity contribution is 0.446. The normalized spacial score (nSPS) is 16.8. The van der Waals surface area contributed by atoms with E-state index in [0.29, 0.717) is 6.04 Å². The second kappa shape index (κ2) is 7.36. The first kappa shape index (κ1) is 14.3. The van der Waals surface area contributed by atoms with Gasteiger partial charge in [0, 0.05) is 37.1 Å². The van der Waals surface area contributed by atoms with Gasteiger partial charge in [-0.25, -0.2) is 4.98 Å². The Labute approximate surface area is 126 Å². The van der Waals surface area contributed by atoms with Crippen molar-refractivity contribution in [1.29, 1.82) is 0 Å². The van der Waals surface area contributed by atoms with Crippen LogP contribution < -0.4 is 5.32 Å². The van der Waals surface area contributed by atoms with E-state index in [9.17, 15) is 0 Å². The van der Waals surface area contributed by atoms with Crippen molar-refractivity contribution < 1.29 is 0 Å². The van der Waals surface area contributed by atoms with Gasteiger partial charge in [-0.15, -0.1) is 0 Å². The van der Waals surface area contributed by atoms with Gasteiger partial charge in [0.15, 0.2) is 0 Å². The Morgan fingerprint density at radius 3 is 2.57 bits per heavy atom. The highest BCUT2D eigenvalue weighted by atomic mass is 15.1. The van der Waals surface area contributed by atoms with Gasteiger partial charge in [-0.3, -0.25) is 4.98 Å². The van der Waals surface area contributed by atoms with Crippen LogP contribution in [0, 0.1) is 0 Å². The van der Waals surface area contributed by atoms with E-state index in [1.54, 1.807) is 0 Å². The summed E-state index contributed by atoms with van der Waals surface area (Å²) in [7, 11) is 0. The Hall–Kier alpha value is -1.68. The summed E-state index contributed by atoms with van der Waals surface area (Å²) in [6.45, 7) is 1.98. The number of hydrogen-bond acceptors (Lipinski definition) is 3. The Morgan fingerprint density at radius 1 is 1.05 bits per heavy atom. The molecule has 112 valence electrons. The molecule has 1 fully saturated rings. The molecule has 0 spiro atoms. The minimum atomic E-state index is 0.709. The average Bonchev–Trinajstić information content (AvgIpc) is 2.84. The van der Waals surface area contributed by atoms with Crippen LogP contribution in [0.15, 0.2) is 37.1 Å².